The number of carbonyl (C=O) groups excluding carboxylic acids is 3. The highest BCUT2D eigenvalue weighted by atomic mass is 19.4. The Labute approximate surface area is 247 Å². The third-order valence-corrected chi connectivity index (χ3v) is 6.45. The van der Waals surface area contributed by atoms with Crippen LogP contribution in [0.15, 0.2) is 42.5 Å². The van der Waals surface area contributed by atoms with Crippen LogP contribution >= 0.6 is 0 Å². The van der Waals surface area contributed by atoms with E-state index in [1.54, 1.807) is 41.5 Å². The number of alkyl halides is 3. The first-order valence-electron chi connectivity index (χ1n) is 13.5. The van der Waals surface area contributed by atoms with Crippen molar-refractivity contribution in [2.75, 3.05) is 25.0 Å². The van der Waals surface area contributed by atoms with Gasteiger partial charge in [0.2, 0.25) is 0 Å². The summed E-state index contributed by atoms with van der Waals surface area (Å²) in [5.41, 5.74) is -4.40. The molecular weight excluding hydrogens is 571 g/mol. The first kappa shape index (κ1) is 33.2. The lowest BCUT2D eigenvalue weighted by Crippen LogP contribution is -2.67. The third kappa shape index (κ3) is 8.17. The Morgan fingerprint density at radius 2 is 1.49 bits per heavy atom. The molecule has 3 rings (SSSR count). The SMILES string of the molecule is CC(C)(C)OC(=O)Nc1ccc(-c2cccc(C(F)(F)F)c2)cc1C(=O)N1CCN(C(=O)OC(C)(C)C)C[C@@]1(C)C(=O)O. The Morgan fingerprint density at radius 3 is 2.05 bits per heavy atom. The molecule has 0 aliphatic carbocycles. The molecule has 1 atom stereocenters. The number of benzene rings is 2. The number of nitrogens with zero attached hydrogens (tertiary/aromatic N) is 2. The zero-order valence-electron chi connectivity index (χ0n) is 25.1. The molecule has 0 unspecified atom stereocenters. The molecular formula is C30H36F3N3O7. The highest BCUT2D eigenvalue weighted by Gasteiger charge is 2.49. The van der Waals surface area contributed by atoms with Crippen molar-refractivity contribution in [3.05, 3.63) is 53.6 Å². The molecule has 2 N–H and O–H groups in total. The van der Waals surface area contributed by atoms with Crippen LogP contribution < -0.4 is 5.32 Å². The summed E-state index contributed by atoms with van der Waals surface area (Å²) in [6.07, 6.45) is -6.25. The van der Waals surface area contributed by atoms with E-state index in [-0.39, 0.29) is 35.5 Å². The number of halogens is 3. The van der Waals surface area contributed by atoms with Crippen LogP contribution in [0.5, 0.6) is 0 Å². The molecule has 0 aromatic heterocycles. The number of piperazine rings is 1. The van der Waals surface area contributed by atoms with E-state index in [9.17, 15) is 37.5 Å². The summed E-state index contributed by atoms with van der Waals surface area (Å²) < 4.78 is 50.9. The van der Waals surface area contributed by atoms with Crippen molar-refractivity contribution in [3.63, 3.8) is 0 Å². The van der Waals surface area contributed by atoms with Crippen molar-refractivity contribution in [1.82, 2.24) is 9.80 Å². The van der Waals surface area contributed by atoms with Gasteiger partial charge in [-0.15, -0.1) is 0 Å². The van der Waals surface area contributed by atoms with E-state index >= 15 is 0 Å². The number of aliphatic carboxylic acids is 1. The maximum Gasteiger partial charge on any atom is 0.416 e. The van der Waals surface area contributed by atoms with Crippen LogP contribution in [0.4, 0.5) is 28.4 Å². The Morgan fingerprint density at radius 1 is 0.884 bits per heavy atom. The molecule has 10 nitrogen and oxygen atoms in total. The number of carbonyl (C=O) groups is 4. The summed E-state index contributed by atoms with van der Waals surface area (Å²) >= 11 is 0. The van der Waals surface area contributed by atoms with Crippen molar-refractivity contribution >= 4 is 29.8 Å². The van der Waals surface area contributed by atoms with Crippen molar-refractivity contribution in [2.45, 2.75) is 71.4 Å². The summed E-state index contributed by atoms with van der Waals surface area (Å²) in [6, 6.07) is 8.54. The Hall–Kier alpha value is -4.29. The first-order valence-corrected chi connectivity index (χ1v) is 13.5. The second kappa shape index (κ2) is 11.8. The van der Waals surface area contributed by atoms with E-state index in [1.807, 2.05) is 0 Å². The van der Waals surface area contributed by atoms with Gasteiger partial charge >= 0.3 is 24.3 Å². The van der Waals surface area contributed by atoms with Crippen molar-refractivity contribution in [1.29, 1.82) is 0 Å². The zero-order valence-corrected chi connectivity index (χ0v) is 25.1. The molecule has 13 heteroatoms. The molecule has 0 spiro atoms. The second-order valence-electron chi connectivity index (χ2n) is 12.4. The van der Waals surface area contributed by atoms with Crippen molar-refractivity contribution < 1.29 is 46.9 Å². The van der Waals surface area contributed by atoms with Gasteiger partial charge in [-0.2, -0.15) is 13.2 Å². The van der Waals surface area contributed by atoms with Gasteiger partial charge in [-0.05, 0) is 83.9 Å². The van der Waals surface area contributed by atoms with Crippen LogP contribution in [0.3, 0.4) is 0 Å². The lowest BCUT2D eigenvalue weighted by atomic mass is 9.93. The van der Waals surface area contributed by atoms with Gasteiger partial charge in [0.15, 0.2) is 5.54 Å². The van der Waals surface area contributed by atoms with E-state index in [2.05, 4.69) is 5.32 Å². The minimum absolute atomic E-state index is 0.0442. The third-order valence-electron chi connectivity index (χ3n) is 6.45. The molecule has 0 bridgehead atoms. The molecule has 0 radical (unpaired) electrons. The van der Waals surface area contributed by atoms with Gasteiger partial charge in [-0.1, -0.05) is 18.2 Å². The Balaban J connectivity index is 2.07. The van der Waals surface area contributed by atoms with Crippen LogP contribution in [-0.4, -0.2) is 75.3 Å². The van der Waals surface area contributed by atoms with E-state index in [0.717, 1.165) is 17.0 Å². The quantitative estimate of drug-likeness (QED) is 0.421. The largest absolute Gasteiger partial charge is 0.479 e. The number of rotatable bonds is 4. The number of ether oxygens (including phenoxy) is 2. The zero-order chi connectivity index (χ0) is 32.5. The molecule has 1 saturated heterocycles. The summed E-state index contributed by atoms with van der Waals surface area (Å²) in [5.74, 6) is -2.22. The summed E-state index contributed by atoms with van der Waals surface area (Å²) in [7, 11) is 0. The number of carboxylic acids is 1. The minimum Gasteiger partial charge on any atom is -0.479 e. The average molecular weight is 608 g/mol. The number of amides is 3. The lowest BCUT2D eigenvalue weighted by molar-refractivity contribution is -0.152. The van der Waals surface area contributed by atoms with Gasteiger partial charge in [0.1, 0.15) is 11.2 Å². The normalized spacial score (nSPS) is 17.7. The summed E-state index contributed by atoms with van der Waals surface area (Å²) in [5, 5.41) is 12.7. The molecule has 43 heavy (non-hydrogen) atoms. The maximum absolute atomic E-state index is 14.1. The first-order chi connectivity index (χ1) is 19.6. The van der Waals surface area contributed by atoms with Crippen LogP contribution in [0, 0.1) is 0 Å². The fraction of sp³-hybridized carbons (Fsp3) is 0.467. The number of carboxylic acid groups (broad SMARTS) is 1. The fourth-order valence-electron chi connectivity index (χ4n) is 4.44. The Kier molecular flexibility index (Phi) is 9.09. The van der Waals surface area contributed by atoms with E-state index in [0.29, 0.717) is 0 Å². The number of anilines is 1. The van der Waals surface area contributed by atoms with E-state index in [4.69, 9.17) is 9.47 Å². The minimum atomic E-state index is -4.61. The molecule has 3 amide bonds. The molecule has 2 aromatic carbocycles. The van der Waals surface area contributed by atoms with Crippen molar-refractivity contribution in [2.24, 2.45) is 0 Å². The number of hydrogen-bond acceptors (Lipinski definition) is 6. The van der Waals surface area contributed by atoms with Crippen LogP contribution in [-0.2, 0) is 20.4 Å². The fourth-order valence-corrected chi connectivity index (χ4v) is 4.44. The molecule has 0 saturated carbocycles. The van der Waals surface area contributed by atoms with Gasteiger partial charge in [0, 0.05) is 13.1 Å². The highest BCUT2D eigenvalue weighted by molar-refractivity contribution is 6.05. The number of hydrogen-bond donors (Lipinski definition) is 2. The monoisotopic (exact) mass is 607 g/mol. The smallest absolute Gasteiger partial charge is 0.416 e. The van der Waals surface area contributed by atoms with Gasteiger partial charge < -0.3 is 24.4 Å². The molecule has 1 aliphatic rings. The predicted molar refractivity (Wildman–Crippen MR) is 152 cm³/mol. The van der Waals surface area contributed by atoms with Crippen LogP contribution in [0.2, 0.25) is 0 Å². The number of nitrogens with one attached hydrogen (secondary N) is 1. The lowest BCUT2D eigenvalue weighted by Gasteiger charge is -2.46. The van der Waals surface area contributed by atoms with E-state index < -0.39 is 59.1 Å². The van der Waals surface area contributed by atoms with Gasteiger partial charge in [0.25, 0.3) is 5.91 Å². The molecule has 1 fully saturated rings. The van der Waals surface area contributed by atoms with Gasteiger partial charge in [-0.25, -0.2) is 14.4 Å². The molecule has 2 aromatic rings. The standard InChI is InChI=1S/C30H36F3N3O7/c1-27(2,3)42-25(40)34-22-12-11-19(18-9-8-10-20(15-18)30(31,32)33)16-21(22)23(37)36-14-13-35(17-29(36,7)24(38)39)26(41)43-28(4,5)6/h8-12,15-16H,13-14,17H2,1-7H3,(H,34,40)(H,38,39)/t29-/m0/s1. The summed E-state index contributed by atoms with van der Waals surface area (Å²) in [4.78, 5) is 54.2. The Bertz CT molecular complexity index is 1410. The second-order valence-corrected chi connectivity index (χ2v) is 12.4. The predicted octanol–water partition coefficient (Wildman–Crippen LogP) is 6.26. The van der Waals surface area contributed by atoms with Crippen LogP contribution in [0.1, 0.15) is 64.4 Å². The maximum atomic E-state index is 14.1. The van der Waals surface area contributed by atoms with Crippen molar-refractivity contribution in [3.8, 4) is 11.1 Å². The van der Waals surface area contributed by atoms with Crippen LogP contribution in [0.25, 0.3) is 11.1 Å². The summed E-state index contributed by atoms with van der Waals surface area (Å²) in [6.45, 7) is 10.5. The van der Waals surface area contributed by atoms with Gasteiger partial charge in [-0.3, -0.25) is 10.1 Å². The molecule has 1 aliphatic heterocycles. The average Bonchev–Trinajstić information content (AvgIpc) is 2.86. The molecule has 234 valence electrons. The molecule has 1 heterocycles. The topological polar surface area (TPSA) is 125 Å². The van der Waals surface area contributed by atoms with E-state index in [1.165, 1.54) is 42.2 Å². The van der Waals surface area contributed by atoms with Gasteiger partial charge in [0.05, 0.1) is 23.4 Å². The highest BCUT2D eigenvalue weighted by Crippen LogP contribution is 2.35.